The minimum Gasteiger partial charge on any atom is -0.492 e. The lowest BCUT2D eigenvalue weighted by Gasteiger charge is -2.20. The zero-order valence-corrected chi connectivity index (χ0v) is 14.8. The molecule has 0 radical (unpaired) electrons. The molecule has 1 aliphatic heterocycles. The Kier molecular flexibility index (Phi) is 8.74. The van der Waals surface area contributed by atoms with E-state index in [2.05, 4.69) is 30.4 Å². The van der Waals surface area contributed by atoms with E-state index in [0.29, 0.717) is 19.6 Å². The number of aryl methyl sites for hydroxylation is 1. The number of hydrogen-bond acceptors (Lipinski definition) is 3. The molecule has 2 rings (SSSR count). The number of ether oxygens (including phenoxy) is 1. The van der Waals surface area contributed by atoms with Gasteiger partial charge in [-0.25, -0.2) is 0 Å². The first kappa shape index (κ1) is 19.5. The molecule has 1 heterocycles. The maximum atomic E-state index is 12.1. The van der Waals surface area contributed by atoms with Crippen molar-refractivity contribution in [3.63, 3.8) is 0 Å². The number of hydrogen-bond donors (Lipinski definition) is 1. The second-order valence-electron chi connectivity index (χ2n) is 5.65. The summed E-state index contributed by atoms with van der Waals surface area (Å²) in [7, 11) is 1.84. The number of rotatable bonds is 7. The SMILES string of the molecule is CCc1ccc(OCCN(C)C(=O)CC2=CCNCC2)cc1.Cl. The highest BCUT2D eigenvalue weighted by molar-refractivity contribution is 5.85. The molecule has 1 aromatic carbocycles. The average molecular weight is 339 g/mol. The first-order chi connectivity index (χ1) is 10.7. The van der Waals surface area contributed by atoms with Crippen LogP contribution < -0.4 is 10.1 Å². The molecule has 5 heteroatoms. The summed E-state index contributed by atoms with van der Waals surface area (Å²) in [6, 6.07) is 8.13. The summed E-state index contributed by atoms with van der Waals surface area (Å²) < 4.78 is 5.70. The third kappa shape index (κ3) is 6.63. The van der Waals surface area contributed by atoms with Crippen LogP contribution in [0.1, 0.15) is 25.3 Å². The van der Waals surface area contributed by atoms with Crippen molar-refractivity contribution in [1.29, 1.82) is 0 Å². The second kappa shape index (κ2) is 10.3. The number of nitrogens with one attached hydrogen (secondary N) is 1. The van der Waals surface area contributed by atoms with Gasteiger partial charge in [-0.2, -0.15) is 0 Å². The van der Waals surface area contributed by atoms with Gasteiger partial charge in [-0.1, -0.05) is 30.7 Å². The van der Waals surface area contributed by atoms with Crippen LogP contribution in [0.2, 0.25) is 0 Å². The van der Waals surface area contributed by atoms with E-state index in [0.717, 1.165) is 31.7 Å². The standard InChI is InChI=1S/C18H26N2O2.ClH/c1-3-15-4-6-17(7-5-15)22-13-12-20(2)18(21)14-16-8-10-19-11-9-16;/h4-8,19H,3,9-14H2,1-2H3;1H. The first-order valence-corrected chi connectivity index (χ1v) is 8.03. The maximum absolute atomic E-state index is 12.1. The van der Waals surface area contributed by atoms with Gasteiger partial charge in [-0.3, -0.25) is 4.79 Å². The van der Waals surface area contributed by atoms with Crippen LogP contribution in [0.25, 0.3) is 0 Å². The third-order valence-electron chi connectivity index (χ3n) is 3.99. The van der Waals surface area contributed by atoms with Gasteiger partial charge in [0.15, 0.2) is 0 Å². The van der Waals surface area contributed by atoms with Crippen molar-refractivity contribution in [2.45, 2.75) is 26.2 Å². The topological polar surface area (TPSA) is 41.6 Å². The minimum atomic E-state index is 0. The van der Waals surface area contributed by atoms with Crippen LogP contribution in [0.5, 0.6) is 5.75 Å². The Morgan fingerprint density at radius 1 is 1.30 bits per heavy atom. The summed E-state index contributed by atoms with van der Waals surface area (Å²) in [5, 5.41) is 3.26. The van der Waals surface area contributed by atoms with E-state index in [-0.39, 0.29) is 18.3 Å². The van der Waals surface area contributed by atoms with E-state index in [9.17, 15) is 4.79 Å². The fourth-order valence-corrected chi connectivity index (χ4v) is 2.41. The van der Waals surface area contributed by atoms with Gasteiger partial charge in [-0.15, -0.1) is 12.4 Å². The van der Waals surface area contributed by atoms with Crippen molar-refractivity contribution in [3.8, 4) is 5.75 Å². The number of carbonyl (C=O) groups excluding carboxylic acids is 1. The van der Waals surface area contributed by atoms with E-state index in [1.807, 2.05) is 19.2 Å². The van der Waals surface area contributed by atoms with Gasteiger partial charge in [0.2, 0.25) is 5.91 Å². The van der Waals surface area contributed by atoms with E-state index in [1.54, 1.807) is 4.90 Å². The largest absolute Gasteiger partial charge is 0.492 e. The monoisotopic (exact) mass is 338 g/mol. The van der Waals surface area contributed by atoms with E-state index >= 15 is 0 Å². The van der Waals surface area contributed by atoms with Crippen LogP contribution in [0.3, 0.4) is 0 Å². The zero-order chi connectivity index (χ0) is 15.8. The van der Waals surface area contributed by atoms with Crippen molar-refractivity contribution in [2.75, 3.05) is 33.3 Å². The van der Waals surface area contributed by atoms with Crippen LogP contribution in [-0.2, 0) is 11.2 Å². The molecule has 1 N–H and O–H groups in total. The van der Waals surface area contributed by atoms with Crippen LogP contribution >= 0.6 is 12.4 Å². The molecule has 0 aliphatic carbocycles. The van der Waals surface area contributed by atoms with Crippen molar-refractivity contribution >= 4 is 18.3 Å². The van der Waals surface area contributed by atoms with Gasteiger partial charge in [0.05, 0.1) is 6.54 Å². The Labute approximate surface area is 145 Å². The highest BCUT2D eigenvalue weighted by atomic mass is 35.5. The number of carbonyl (C=O) groups is 1. The lowest BCUT2D eigenvalue weighted by molar-refractivity contribution is -0.129. The average Bonchev–Trinajstić information content (AvgIpc) is 2.56. The molecular weight excluding hydrogens is 312 g/mol. The molecule has 4 nitrogen and oxygen atoms in total. The van der Waals surface area contributed by atoms with Gasteiger partial charge in [0.1, 0.15) is 12.4 Å². The van der Waals surface area contributed by atoms with Crippen LogP contribution in [0, 0.1) is 0 Å². The molecule has 23 heavy (non-hydrogen) atoms. The Morgan fingerprint density at radius 2 is 2.04 bits per heavy atom. The summed E-state index contributed by atoms with van der Waals surface area (Å²) >= 11 is 0. The lowest BCUT2D eigenvalue weighted by Crippen LogP contribution is -2.32. The van der Waals surface area contributed by atoms with E-state index in [4.69, 9.17) is 4.74 Å². The molecular formula is C18H27ClN2O2. The quantitative estimate of drug-likeness (QED) is 0.777. The molecule has 0 saturated carbocycles. The first-order valence-electron chi connectivity index (χ1n) is 8.03. The fraction of sp³-hybridized carbons (Fsp3) is 0.500. The summed E-state index contributed by atoms with van der Waals surface area (Å²) in [6.45, 7) is 5.12. The van der Waals surface area contributed by atoms with Crippen molar-refractivity contribution < 1.29 is 9.53 Å². The molecule has 1 aliphatic rings. The number of amides is 1. The van der Waals surface area contributed by atoms with Gasteiger partial charge in [0.25, 0.3) is 0 Å². The maximum Gasteiger partial charge on any atom is 0.226 e. The molecule has 0 spiro atoms. The third-order valence-corrected chi connectivity index (χ3v) is 3.99. The Bertz CT molecular complexity index is 514. The number of benzene rings is 1. The highest BCUT2D eigenvalue weighted by Gasteiger charge is 2.12. The Morgan fingerprint density at radius 3 is 2.65 bits per heavy atom. The molecule has 0 aromatic heterocycles. The molecule has 0 atom stereocenters. The minimum absolute atomic E-state index is 0. The Balaban J connectivity index is 0.00000264. The van der Waals surface area contributed by atoms with E-state index < -0.39 is 0 Å². The molecule has 0 fully saturated rings. The summed E-state index contributed by atoms with van der Waals surface area (Å²) in [6.07, 6.45) is 4.66. The zero-order valence-electron chi connectivity index (χ0n) is 14.0. The van der Waals surface area contributed by atoms with Gasteiger partial charge >= 0.3 is 0 Å². The molecule has 0 unspecified atom stereocenters. The van der Waals surface area contributed by atoms with Gasteiger partial charge in [0, 0.05) is 20.0 Å². The van der Waals surface area contributed by atoms with Gasteiger partial charge in [-0.05, 0) is 37.1 Å². The van der Waals surface area contributed by atoms with Crippen LogP contribution in [0.15, 0.2) is 35.9 Å². The summed E-state index contributed by atoms with van der Waals surface area (Å²) in [4.78, 5) is 13.9. The predicted molar refractivity (Wildman–Crippen MR) is 96.4 cm³/mol. The van der Waals surface area contributed by atoms with Crippen LogP contribution in [0.4, 0.5) is 0 Å². The molecule has 1 amide bonds. The summed E-state index contributed by atoms with van der Waals surface area (Å²) in [5.41, 5.74) is 2.54. The molecule has 0 bridgehead atoms. The second-order valence-corrected chi connectivity index (χ2v) is 5.65. The fourth-order valence-electron chi connectivity index (χ4n) is 2.41. The molecule has 128 valence electrons. The normalized spacial score (nSPS) is 13.7. The number of likely N-dealkylation sites (N-methyl/N-ethyl adjacent to an activating group) is 1. The van der Waals surface area contributed by atoms with Crippen molar-refractivity contribution in [1.82, 2.24) is 10.2 Å². The smallest absolute Gasteiger partial charge is 0.226 e. The van der Waals surface area contributed by atoms with E-state index in [1.165, 1.54) is 11.1 Å². The lowest BCUT2D eigenvalue weighted by atomic mass is 10.1. The number of halogens is 1. The highest BCUT2D eigenvalue weighted by Crippen LogP contribution is 2.13. The predicted octanol–water partition coefficient (Wildman–Crippen LogP) is 2.82. The summed E-state index contributed by atoms with van der Waals surface area (Å²) in [5.74, 6) is 1.03. The number of nitrogens with zero attached hydrogens (tertiary/aromatic N) is 1. The van der Waals surface area contributed by atoms with Crippen LogP contribution in [-0.4, -0.2) is 44.1 Å². The molecule has 0 saturated heterocycles. The Hall–Kier alpha value is -1.52. The van der Waals surface area contributed by atoms with Crippen molar-refractivity contribution in [2.24, 2.45) is 0 Å². The van der Waals surface area contributed by atoms with Crippen molar-refractivity contribution in [3.05, 3.63) is 41.5 Å². The van der Waals surface area contributed by atoms with Gasteiger partial charge < -0.3 is 15.0 Å². The molecule has 1 aromatic rings.